The van der Waals surface area contributed by atoms with Gasteiger partial charge in [-0.05, 0) is 50.6 Å². The average molecular weight is 576 g/mol. The number of ether oxygens (including phenoxy) is 2. The van der Waals surface area contributed by atoms with Gasteiger partial charge in [-0.15, -0.1) is 0 Å². The maximum Gasteiger partial charge on any atom is 0.410 e. The molecule has 0 saturated carbocycles. The van der Waals surface area contributed by atoms with Crippen LogP contribution in [0.4, 0.5) is 4.79 Å². The standard InChI is InChI=1S/C30H30ClN5O5/c1-17-34-25-11-23(19-13-32-28(33-14-19)30(2,3)39)26(41-22-8-9-35-21(10-22)16-40-29(35)38)12-24(25)27(37)36(17)15-18-4-6-20(31)7-5-18/h4-7,11-14,21-22,39H,8-10,15-16H2,1-3H3/t21-,22-/m0/s1. The Labute approximate surface area is 241 Å². The van der Waals surface area contributed by atoms with Gasteiger partial charge in [-0.3, -0.25) is 9.36 Å². The minimum Gasteiger partial charge on any atom is -0.490 e. The first-order valence-corrected chi connectivity index (χ1v) is 13.9. The molecule has 41 heavy (non-hydrogen) atoms. The quantitative estimate of drug-likeness (QED) is 0.358. The predicted molar refractivity (Wildman–Crippen MR) is 153 cm³/mol. The maximum absolute atomic E-state index is 13.8. The van der Waals surface area contributed by atoms with Gasteiger partial charge in [0.25, 0.3) is 5.56 Å². The van der Waals surface area contributed by atoms with Crippen molar-refractivity contribution in [2.45, 2.75) is 57.9 Å². The van der Waals surface area contributed by atoms with E-state index >= 15 is 0 Å². The number of aliphatic hydroxyl groups is 1. The van der Waals surface area contributed by atoms with E-state index in [9.17, 15) is 14.7 Å². The first-order chi connectivity index (χ1) is 19.6. The summed E-state index contributed by atoms with van der Waals surface area (Å²) in [6.45, 7) is 6.28. The number of carbonyl (C=O) groups excluding carboxylic acids is 1. The lowest BCUT2D eigenvalue weighted by Crippen LogP contribution is -2.44. The van der Waals surface area contributed by atoms with Crippen LogP contribution in [0.25, 0.3) is 22.0 Å². The third-order valence-electron chi connectivity index (χ3n) is 7.61. The van der Waals surface area contributed by atoms with Crippen molar-refractivity contribution in [3.63, 3.8) is 0 Å². The van der Waals surface area contributed by atoms with Crippen LogP contribution in [-0.4, -0.2) is 60.9 Å². The predicted octanol–water partition coefficient (Wildman–Crippen LogP) is 4.45. The molecule has 212 valence electrons. The molecule has 1 amide bonds. The van der Waals surface area contributed by atoms with E-state index in [1.165, 1.54) is 0 Å². The summed E-state index contributed by atoms with van der Waals surface area (Å²) in [6.07, 6.45) is 4.04. The van der Waals surface area contributed by atoms with E-state index in [1.807, 2.05) is 18.2 Å². The Balaban J connectivity index is 1.42. The van der Waals surface area contributed by atoms with Crippen LogP contribution in [0.5, 0.6) is 5.75 Å². The number of fused-ring (bicyclic) bond motifs is 2. The molecule has 2 aliphatic heterocycles. The summed E-state index contributed by atoms with van der Waals surface area (Å²) in [4.78, 5) is 41.0. The van der Waals surface area contributed by atoms with Gasteiger partial charge in [-0.2, -0.15) is 0 Å². The van der Waals surface area contributed by atoms with Gasteiger partial charge in [-0.1, -0.05) is 23.7 Å². The van der Waals surface area contributed by atoms with Crippen LogP contribution in [0.2, 0.25) is 5.02 Å². The number of aromatic nitrogens is 4. The van der Waals surface area contributed by atoms with E-state index in [0.29, 0.717) is 77.0 Å². The van der Waals surface area contributed by atoms with Crippen molar-refractivity contribution in [1.82, 2.24) is 24.4 Å². The Morgan fingerprint density at radius 3 is 2.59 bits per heavy atom. The largest absolute Gasteiger partial charge is 0.490 e. The first kappa shape index (κ1) is 27.2. The van der Waals surface area contributed by atoms with Crippen molar-refractivity contribution >= 4 is 28.6 Å². The highest BCUT2D eigenvalue weighted by atomic mass is 35.5. The van der Waals surface area contributed by atoms with Crippen LogP contribution >= 0.6 is 11.6 Å². The summed E-state index contributed by atoms with van der Waals surface area (Å²) >= 11 is 6.04. The minimum absolute atomic E-state index is 0.0412. The molecule has 2 aromatic carbocycles. The normalized spacial score (nSPS) is 18.9. The van der Waals surface area contributed by atoms with Gasteiger partial charge < -0.3 is 19.5 Å². The molecule has 2 aliphatic rings. The molecule has 11 heteroatoms. The lowest BCUT2D eigenvalue weighted by atomic mass is 10.00. The highest BCUT2D eigenvalue weighted by molar-refractivity contribution is 6.30. The third-order valence-corrected chi connectivity index (χ3v) is 7.86. The van der Waals surface area contributed by atoms with E-state index in [1.54, 1.807) is 60.8 Å². The van der Waals surface area contributed by atoms with Gasteiger partial charge >= 0.3 is 6.09 Å². The fourth-order valence-electron chi connectivity index (χ4n) is 5.37. The Bertz CT molecular complexity index is 1680. The number of cyclic esters (lactones) is 1. The molecule has 4 heterocycles. The number of rotatable bonds is 6. The van der Waals surface area contributed by atoms with Gasteiger partial charge in [0.05, 0.1) is 23.5 Å². The second-order valence-corrected chi connectivity index (χ2v) is 11.5. The van der Waals surface area contributed by atoms with E-state index in [0.717, 1.165) is 5.56 Å². The fourth-order valence-corrected chi connectivity index (χ4v) is 5.50. The topological polar surface area (TPSA) is 120 Å². The lowest BCUT2D eigenvalue weighted by molar-refractivity contribution is 0.0687. The van der Waals surface area contributed by atoms with Crippen LogP contribution in [-0.2, 0) is 16.9 Å². The van der Waals surface area contributed by atoms with Crippen LogP contribution < -0.4 is 10.3 Å². The zero-order valence-electron chi connectivity index (χ0n) is 23.0. The highest BCUT2D eigenvalue weighted by Gasteiger charge is 2.39. The van der Waals surface area contributed by atoms with Crippen molar-refractivity contribution in [3.8, 4) is 16.9 Å². The molecule has 0 unspecified atom stereocenters. The van der Waals surface area contributed by atoms with Crippen LogP contribution in [0, 0.1) is 6.92 Å². The monoisotopic (exact) mass is 575 g/mol. The summed E-state index contributed by atoms with van der Waals surface area (Å²) in [5.41, 5.74) is 1.43. The molecular formula is C30H30ClN5O5. The molecule has 2 atom stereocenters. The third kappa shape index (κ3) is 5.37. The SMILES string of the molecule is Cc1nc2cc(-c3cnc(C(C)(C)O)nc3)c(O[C@H]3CCN4C(=O)OC[C@@H]4C3)cc2c(=O)n1Cc1ccc(Cl)cc1. The maximum atomic E-state index is 13.8. The molecule has 2 saturated heterocycles. The van der Waals surface area contributed by atoms with E-state index in [4.69, 9.17) is 26.1 Å². The number of benzene rings is 2. The number of hydrogen-bond donors (Lipinski definition) is 1. The number of hydrogen-bond acceptors (Lipinski definition) is 8. The molecule has 6 rings (SSSR count). The zero-order chi connectivity index (χ0) is 28.9. The molecule has 2 aromatic heterocycles. The number of nitrogens with zero attached hydrogens (tertiary/aromatic N) is 5. The lowest BCUT2D eigenvalue weighted by Gasteiger charge is -2.33. The first-order valence-electron chi connectivity index (χ1n) is 13.5. The molecule has 2 fully saturated rings. The smallest absolute Gasteiger partial charge is 0.410 e. The summed E-state index contributed by atoms with van der Waals surface area (Å²) in [6, 6.07) is 10.9. The summed E-state index contributed by atoms with van der Waals surface area (Å²) in [5, 5.41) is 11.4. The average Bonchev–Trinajstić information content (AvgIpc) is 3.31. The molecule has 1 N–H and O–H groups in total. The highest BCUT2D eigenvalue weighted by Crippen LogP contribution is 2.36. The van der Waals surface area contributed by atoms with Crippen LogP contribution in [0.3, 0.4) is 0 Å². The molecule has 0 radical (unpaired) electrons. The molecule has 0 bridgehead atoms. The van der Waals surface area contributed by atoms with Crippen molar-refractivity contribution in [2.24, 2.45) is 0 Å². The second kappa shape index (κ2) is 10.4. The van der Waals surface area contributed by atoms with Gasteiger partial charge in [0.1, 0.15) is 29.9 Å². The van der Waals surface area contributed by atoms with Gasteiger partial charge in [0.2, 0.25) is 0 Å². The number of aryl methyl sites for hydroxylation is 1. The van der Waals surface area contributed by atoms with E-state index < -0.39 is 5.60 Å². The van der Waals surface area contributed by atoms with E-state index in [-0.39, 0.29) is 23.8 Å². The number of halogens is 1. The van der Waals surface area contributed by atoms with E-state index in [2.05, 4.69) is 9.97 Å². The summed E-state index contributed by atoms with van der Waals surface area (Å²) < 4.78 is 13.4. The molecule has 4 aromatic rings. The Kier molecular flexibility index (Phi) is 6.91. The van der Waals surface area contributed by atoms with Crippen LogP contribution in [0.1, 0.15) is 43.9 Å². The summed E-state index contributed by atoms with van der Waals surface area (Å²) in [7, 11) is 0. The van der Waals surface area contributed by atoms with Gasteiger partial charge in [0, 0.05) is 47.9 Å². The van der Waals surface area contributed by atoms with Crippen molar-refractivity contribution < 1.29 is 19.4 Å². The zero-order valence-corrected chi connectivity index (χ0v) is 23.8. The minimum atomic E-state index is -1.19. The number of piperidine rings is 1. The molecular weight excluding hydrogens is 546 g/mol. The molecule has 0 spiro atoms. The van der Waals surface area contributed by atoms with Gasteiger partial charge in [-0.25, -0.2) is 19.7 Å². The van der Waals surface area contributed by atoms with Crippen molar-refractivity contribution in [1.29, 1.82) is 0 Å². The number of amides is 1. The molecule has 10 nitrogen and oxygen atoms in total. The Morgan fingerprint density at radius 2 is 1.88 bits per heavy atom. The Morgan fingerprint density at radius 1 is 1.15 bits per heavy atom. The van der Waals surface area contributed by atoms with Crippen molar-refractivity contribution in [3.05, 3.63) is 81.4 Å². The Hall–Kier alpha value is -4.02. The summed E-state index contributed by atoms with van der Waals surface area (Å²) in [5.74, 6) is 1.37. The van der Waals surface area contributed by atoms with Crippen molar-refractivity contribution in [2.75, 3.05) is 13.2 Å². The molecule has 0 aliphatic carbocycles. The number of carbonyl (C=O) groups is 1. The fraction of sp³-hybridized carbons (Fsp3) is 0.367. The van der Waals surface area contributed by atoms with Gasteiger partial charge in [0.15, 0.2) is 5.82 Å². The van der Waals surface area contributed by atoms with Crippen LogP contribution in [0.15, 0.2) is 53.6 Å². The second-order valence-electron chi connectivity index (χ2n) is 11.1.